The highest BCUT2D eigenvalue weighted by molar-refractivity contribution is 6.34. The molecule has 6 nitrogen and oxygen atoms in total. The van der Waals surface area contributed by atoms with E-state index in [4.69, 9.17) is 11.6 Å². The Morgan fingerprint density at radius 3 is 2.81 bits per heavy atom. The van der Waals surface area contributed by atoms with Gasteiger partial charge in [-0.25, -0.2) is 0 Å². The molecule has 0 aliphatic carbocycles. The summed E-state index contributed by atoms with van der Waals surface area (Å²) in [6.45, 7) is 3.46. The summed E-state index contributed by atoms with van der Waals surface area (Å²) in [5.41, 5.74) is 0.309. The van der Waals surface area contributed by atoms with Crippen molar-refractivity contribution in [2.24, 2.45) is 5.92 Å². The van der Waals surface area contributed by atoms with Crippen molar-refractivity contribution in [3.63, 3.8) is 0 Å². The van der Waals surface area contributed by atoms with E-state index >= 15 is 0 Å². The van der Waals surface area contributed by atoms with Crippen LogP contribution in [0.2, 0.25) is 5.02 Å². The number of anilines is 1. The molecule has 21 heavy (non-hydrogen) atoms. The number of carbonyl (C=O) groups is 1. The van der Waals surface area contributed by atoms with Crippen molar-refractivity contribution in [2.75, 3.05) is 25.5 Å². The first-order chi connectivity index (χ1) is 9.93. The van der Waals surface area contributed by atoms with Gasteiger partial charge in [-0.3, -0.25) is 14.9 Å². The lowest BCUT2D eigenvalue weighted by Crippen LogP contribution is -2.39. The fraction of sp³-hybridized carbons (Fsp3) is 0.500. The van der Waals surface area contributed by atoms with Crippen LogP contribution in [-0.2, 0) is 0 Å². The molecule has 1 aliphatic heterocycles. The minimum absolute atomic E-state index is 0.181. The van der Waals surface area contributed by atoms with E-state index in [-0.39, 0.29) is 27.9 Å². The molecule has 1 fully saturated rings. The Balaban J connectivity index is 2.35. The quantitative estimate of drug-likeness (QED) is 0.687. The summed E-state index contributed by atoms with van der Waals surface area (Å²) in [7, 11) is 1.56. The molecule has 2 rings (SSSR count). The van der Waals surface area contributed by atoms with Crippen LogP contribution in [0.3, 0.4) is 0 Å². The van der Waals surface area contributed by atoms with E-state index in [2.05, 4.69) is 12.2 Å². The third kappa shape index (κ3) is 3.26. The molecule has 114 valence electrons. The summed E-state index contributed by atoms with van der Waals surface area (Å²) in [6, 6.07) is 2.78. The number of hydrogen-bond donors (Lipinski definition) is 1. The van der Waals surface area contributed by atoms with Crippen LogP contribution in [0.25, 0.3) is 0 Å². The number of rotatable bonds is 3. The van der Waals surface area contributed by atoms with Gasteiger partial charge in [-0.1, -0.05) is 18.5 Å². The second kappa shape index (κ2) is 6.30. The molecular formula is C14H18ClN3O3. The van der Waals surface area contributed by atoms with E-state index in [0.29, 0.717) is 19.0 Å². The van der Waals surface area contributed by atoms with E-state index in [9.17, 15) is 14.9 Å². The molecule has 1 aliphatic rings. The summed E-state index contributed by atoms with van der Waals surface area (Å²) in [5.74, 6) is 0.249. The Morgan fingerprint density at radius 1 is 1.52 bits per heavy atom. The number of likely N-dealkylation sites (tertiary alicyclic amines) is 1. The van der Waals surface area contributed by atoms with Gasteiger partial charge in [-0.05, 0) is 24.8 Å². The predicted octanol–water partition coefficient (Wildman–Crippen LogP) is 3.16. The van der Waals surface area contributed by atoms with E-state index in [1.165, 1.54) is 12.1 Å². The van der Waals surface area contributed by atoms with E-state index in [0.717, 1.165) is 12.8 Å². The Labute approximate surface area is 128 Å². The van der Waals surface area contributed by atoms with Gasteiger partial charge < -0.3 is 10.2 Å². The van der Waals surface area contributed by atoms with Crippen molar-refractivity contribution in [1.82, 2.24) is 4.90 Å². The molecule has 1 aromatic rings. The molecule has 0 aromatic heterocycles. The SMILES string of the molecule is CNc1c(Cl)cc(C(=O)N2CCCC(C)C2)cc1[N+](=O)[O-]. The molecule has 0 radical (unpaired) electrons. The van der Waals surface area contributed by atoms with Crippen LogP contribution in [0.4, 0.5) is 11.4 Å². The number of nitrogens with one attached hydrogen (secondary N) is 1. The van der Waals surface area contributed by atoms with Gasteiger partial charge in [0.05, 0.1) is 9.95 Å². The van der Waals surface area contributed by atoms with Crippen molar-refractivity contribution in [3.05, 3.63) is 32.8 Å². The molecule has 1 aromatic carbocycles. The zero-order valence-corrected chi connectivity index (χ0v) is 12.8. The molecule has 1 N–H and O–H groups in total. The number of nitro groups is 1. The van der Waals surface area contributed by atoms with E-state index < -0.39 is 4.92 Å². The van der Waals surface area contributed by atoms with Gasteiger partial charge in [0.15, 0.2) is 0 Å². The molecule has 1 amide bonds. The van der Waals surface area contributed by atoms with Crippen molar-refractivity contribution in [3.8, 4) is 0 Å². The second-order valence-corrected chi connectivity index (χ2v) is 5.77. The van der Waals surface area contributed by atoms with Gasteiger partial charge in [0.25, 0.3) is 11.6 Å². The summed E-state index contributed by atoms with van der Waals surface area (Å²) in [5, 5.41) is 14.0. The van der Waals surface area contributed by atoms with Crippen LogP contribution >= 0.6 is 11.6 Å². The third-order valence-corrected chi connectivity index (χ3v) is 4.01. The lowest BCUT2D eigenvalue weighted by molar-refractivity contribution is -0.384. The molecule has 1 atom stereocenters. The lowest BCUT2D eigenvalue weighted by atomic mass is 9.99. The third-order valence-electron chi connectivity index (χ3n) is 3.71. The number of halogens is 1. The van der Waals surface area contributed by atoms with Gasteiger partial charge in [0.2, 0.25) is 0 Å². The highest BCUT2D eigenvalue weighted by Crippen LogP contribution is 2.34. The number of benzene rings is 1. The van der Waals surface area contributed by atoms with Gasteiger partial charge in [-0.15, -0.1) is 0 Å². The second-order valence-electron chi connectivity index (χ2n) is 5.36. The summed E-state index contributed by atoms with van der Waals surface area (Å²) in [6.07, 6.45) is 2.06. The zero-order chi connectivity index (χ0) is 15.6. The maximum atomic E-state index is 12.5. The summed E-state index contributed by atoms with van der Waals surface area (Å²) < 4.78 is 0. The molecular weight excluding hydrogens is 294 g/mol. The zero-order valence-electron chi connectivity index (χ0n) is 12.1. The van der Waals surface area contributed by atoms with Crippen LogP contribution in [0.1, 0.15) is 30.1 Å². The van der Waals surface area contributed by atoms with E-state index in [1.807, 2.05) is 0 Å². The van der Waals surface area contributed by atoms with Gasteiger partial charge in [-0.2, -0.15) is 0 Å². The topological polar surface area (TPSA) is 75.5 Å². The summed E-state index contributed by atoms with van der Waals surface area (Å²) in [4.78, 5) is 24.8. The first kappa shape index (κ1) is 15.6. The molecule has 1 unspecified atom stereocenters. The number of nitrogens with zero attached hydrogens (tertiary/aromatic N) is 2. The largest absolute Gasteiger partial charge is 0.381 e. The predicted molar refractivity (Wildman–Crippen MR) is 82.0 cm³/mol. The number of carbonyl (C=O) groups excluding carboxylic acids is 1. The first-order valence-corrected chi connectivity index (χ1v) is 7.26. The van der Waals surface area contributed by atoms with E-state index in [1.54, 1.807) is 11.9 Å². The Kier molecular flexibility index (Phi) is 4.67. The first-order valence-electron chi connectivity index (χ1n) is 6.89. The monoisotopic (exact) mass is 311 g/mol. The van der Waals surface area contributed by atoms with Crippen LogP contribution < -0.4 is 5.32 Å². The van der Waals surface area contributed by atoms with Crippen LogP contribution in [0.5, 0.6) is 0 Å². The van der Waals surface area contributed by atoms with Gasteiger partial charge in [0, 0.05) is 31.8 Å². The number of piperidine rings is 1. The smallest absolute Gasteiger partial charge is 0.294 e. The minimum Gasteiger partial charge on any atom is -0.381 e. The maximum Gasteiger partial charge on any atom is 0.294 e. The molecule has 1 saturated heterocycles. The highest BCUT2D eigenvalue weighted by Gasteiger charge is 2.26. The number of nitro benzene ring substituents is 1. The van der Waals surface area contributed by atoms with Crippen molar-refractivity contribution in [1.29, 1.82) is 0 Å². The Hall–Kier alpha value is -1.82. The molecule has 7 heteroatoms. The molecule has 0 saturated carbocycles. The normalized spacial score (nSPS) is 18.4. The average molecular weight is 312 g/mol. The standard InChI is InChI=1S/C14H18ClN3O3/c1-9-4-3-5-17(8-9)14(19)10-6-11(15)13(16-2)12(7-10)18(20)21/h6-7,9,16H,3-5,8H2,1-2H3. The maximum absolute atomic E-state index is 12.5. The fourth-order valence-corrected chi connectivity index (χ4v) is 2.97. The Morgan fingerprint density at radius 2 is 2.24 bits per heavy atom. The van der Waals surface area contributed by atoms with Gasteiger partial charge in [0.1, 0.15) is 5.69 Å². The summed E-state index contributed by atoms with van der Waals surface area (Å²) >= 11 is 6.05. The lowest BCUT2D eigenvalue weighted by Gasteiger charge is -2.31. The molecule has 0 bridgehead atoms. The van der Waals surface area contributed by atoms with Crippen LogP contribution in [0, 0.1) is 16.0 Å². The van der Waals surface area contributed by atoms with Crippen molar-refractivity contribution < 1.29 is 9.72 Å². The van der Waals surface area contributed by atoms with Gasteiger partial charge >= 0.3 is 0 Å². The molecule has 0 spiro atoms. The van der Waals surface area contributed by atoms with Crippen molar-refractivity contribution >= 4 is 28.9 Å². The highest BCUT2D eigenvalue weighted by atomic mass is 35.5. The van der Waals surface area contributed by atoms with Crippen LogP contribution in [0.15, 0.2) is 12.1 Å². The number of hydrogen-bond acceptors (Lipinski definition) is 4. The fourth-order valence-electron chi connectivity index (χ4n) is 2.66. The molecule has 1 heterocycles. The van der Waals surface area contributed by atoms with Crippen LogP contribution in [-0.4, -0.2) is 35.9 Å². The van der Waals surface area contributed by atoms with Crippen molar-refractivity contribution in [2.45, 2.75) is 19.8 Å². The minimum atomic E-state index is -0.534. The Bertz CT molecular complexity index is 577. The average Bonchev–Trinajstić information content (AvgIpc) is 2.45. The number of amides is 1.